The molecule has 0 aromatic carbocycles. The molecule has 0 unspecified atom stereocenters. The van der Waals surface area contributed by atoms with Crippen LogP contribution in [0, 0.1) is 0 Å². The number of halogens is 1. The van der Waals surface area contributed by atoms with Crippen molar-refractivity contribution in [2.75, 3.05) is 13.1 Å². The molecule has 1 fully saturated rings. The van der Waals surface area contributed by atoms with E-state index in [1.54, 1.807) is 0 Å². The summed E-state index contributed by atoms with van der Waals surface area (Å²) in [5.74, 6) is 0. The Balaban J connectivity index is 3.27. The average molecular weight is 277 g/mol. The fourth-order valence-corrected chi connectivity index (χ4v) is 14.5. The SMILES string of the molecule is CC(C)(C)[Si](F)(N1CCN[Si]1(C)C)C(C)(C)C. The molecule has 0 aromatic rings. The molecule has 0 atom stereocenters. The first-order valence-electron chi connectivity index (χ1n) is 6.56. The van der Waals surface area contributed by atoms with Gasteiger partial charge in [-0.05, 0) is 23.2 Å². The predicted molar refractivity (Wildman–Crippen MR) is 78.5 cm³/mol. The van der Waals surface area contributed by atoms with Crippen molar-refractivity contribution >= 4 is 17.0 Å². The van der Waals surface area contributed by atoms with Gasteiger partial charge in [-0.15, -0.1) is 0 Å². The Morgan fingerprint density at radius 2 is 1.47 bits per heavy atom. The lowest BCUT2D eigenvalue weighted by molar-refractivity contribution is 0.420. The minimum Gasteiger partial charge on any atom is -0.325 e. The van der Waals surface area contributed by atoms with E-state index < -0.39 is 17.0 Å². The molecule has 0 bridgehead atoms. The second-order valence-electron chi connectivity index (χ2n) is 7.76. The molecule has 1 saturated heterocycles. The van der Waals surface area contributed by atoms with Gasteiger partial charge in [-0.1, -0.05) is 41.5 Å². The molecule has 2 nitrogen and oxygen atoms in total. The number of nitrogens with one attached hydrogen (secondary N) is 1. The summed E-state index contributed by atoms with van der Waals surface area (Å²) in [6.45, 7) is 18.8. The number of hydrogen-bond donors (Lipinski definition) is 1. The van der Waals surface area contributed by atoms with Crippen LogP contribution in [-0.2, 0) is 0 Å². The van der Waals surface area contributed by atoms with E-state index in [4.69, 9.17) is 0 Å². The third-order valence-corrected chi connectivity index (χ3v) is 14.2. The lowest BCUT2D eigenvalue weighted by Gasteiger charge is -2.53. The Hall–Kier alpha value is 0.284. The quantitative estimate of drug-likeness (QED) is 0.581. The maximum Gasteiger partial charge on any atom is 0.327 e. The minimum atomic E-state index is -3.02. The fourth-order valence-electron chi connectivity index (χ4n) is 3.32. The van der Waals surface area contributed by atoms with E-state index in [1.807, 2.05) is 0 Å². The van der Waals surface area contributed by atoms with Crippen molar-refractivity contribution < 1.29 is 4.11 Å². The van der Waals surface area contributed by atoms with Gasteiger partial charge < -0.3 is 9.21 Å². The van der Waals surface area contributed by atoms with Crippen molar-refractivity contribution in [1.82, 2.24) is 9.21 Å². The van der Waals surface area contributed by atoms with E-state index in [9.17, 15) is 0 Å². The molecule has 1 heterocycles. The smallest absolute Gasteiger partial charge is 0.325 e. The highest BCUT2D eigenvalue weighted by Gasteiger charge is 2.63. The molecule has 0 aliphatic carbocycles. The molecule has 1 N–H and O–H groups in total. The van der Waals surface area contributed by atoms with Crippen molar-refractivity contribution in [2.45, 2.75) is 64.7 Å². The van der Waals surface area contributed by atoms with Crippen LogP contribution in [0.5, 0.6) is 0 Å². The van der Waals surface area contributed by atoms with Crippen LogP contribution in [0.2, 0.25) is 23.2 Å². The van der Waals surface area contributed by atoms with Gasteiger partial charge in [-0.25, -0.2) is 0 Å². The first-order valence-corrected chi connectivity index (χ1v) is 11.3. The Morgan fingerprint density at radius 3 is 1.71 bits per heavy atom. The standard InChI is InChI=1S/C12H29FN2Si2/c1-11(2,3)17(13,12(4,5)6)15-10-9-14-16(15,7)8/h14H,9-10H2,1-8H3. The van der Waals surface area contributed by atoms with E-state index >= 15 is 4.11 Å². The van der Waals surface area contributed by atoms with Gasteiger partial charge in [0.05, 0.1) is 0 Å². The molecular weight excluding hydrogens is 247 g/mol. The highest BCUT2D eigenvalue weighted by molar-refractivity contribution is 6.90. The van der Waals surface area contributed by atoms with Gasteiger partial charge in [-0.2, -0.15) is 0 Å². The Kier molecular flexibility index (Phi) is 3.74. The zero-order valence-electron chi connectivity index (χ0n) is 12.7. The first-order chi connectivity index (χ1) is 7.34. The number of hydrogen-bond acceptors (Lipinski definition) is 2. The van der Waals surface area contributed by atoms with Gasteiger partial charge in [0.2, 0.25) is 0 Å². The number of rotatable bonds is 1. The summed E-state index contributed by atoms with van der Waals surface area (Å²) in [6, 6.07) is 0. The van der Waals surface area contributed by atoms with Gasteiger partial charge in [0, 0.05) is 13.1 Å². The van der Waals surface area contributed by atoms with Gasteiger partial charge in [-0.3, -0.25) is 4.11 Å². The monoisotopic (exact) mass is 276 g/mol. The molecule has 102 valence electrons. The van der Waals surface area contributed by atoms with E-state index in [2.05, 4.69) is 63.8 Å². The molecule has 5 heteroatoms. The van der Waals surface area contributed by atoms with Gasteiger partial charge in [0.25, 0.3) is 0 Å². The fraction of sp³-hybridized carbons (Fsp3) is 1.00. The third-order valence-electron chi connectivity index (χ3n) is 3.93. The van der Waals surface area contributed by atoms with Crippen molar-refractivity contribution in [1.29, 1.82) is 0 Å². The van der Waals surface area contributed by atoms with E-state index in [0.717, 1.165) is 13.1 Å². The molecule has 1 rings (SSSR count). The third kappa shape index (κ3) is 2.39. The first kappa shape index (κ1) is 15.3. The normalized spacial score (nSPS) is 23.1. The van der Waals surface area contributed by atoms with Crippen LogP contribution < -0.4 is 4.98 Å². The molecule has 0 spiro atoms. The Bertz CT molecular complexity index is 278. The maximum atomic E-state index is 16.1. The lowest BCUT2D eigenvalue weighted by atomic mass is 10.2. The van der Waals surface area contributed by atoms with Crippen LogP contribution in [-0.4, -0.2) is 34.3 Å². The molecule has 0 radical (unpaired) electrons. The molecule has 17 heavy (non-hydrogen) atoms. The summed E-state index contributed by atoms with van der Waals surface area (Å²) in [7, 11) is -4.78. The van der Waals surface area contributed by atoms with Gasteiger partial charge in [0.15, 0.2) is 8.40 Å². The summed E-state index contributed by atoms with van der Waals surface area (Å²) in [4.78, 5) is 3.56. The van der Waals surface area contributed by atoms with Crippen molar-refractivity contribution in [3.8, 4) is 0 Å². The molecule has 1 aliphatic heterocycles. The van der Waals surface area contributed by atoms with Crippen molar-refractivity contribution in [2.24, 2.45) is 0 Å². The summed E-state index contributed by atoms with van der Waals surface area (Å²) in [6.07, 6.45) is 0. The van der Waals surface area contributed by atoms with Gasteiger partial charge in [0.1, 0.15) is 0 Å². The van der Waals surface area contributed by atoms with Crippen molar-refractivity contribution in [3.05, 3.63) is 0 Å². The minimum absolute atomic E-state index is 0.248. The summed E-state index contributed by atoms with van der Waals surface area (Å²) in [5.41, 5.74) is 0. The number of nitrogens with zero attached hydrogens (tertiary/aromatic N) is 1. The predicted octanol–water partition coefficient (Wildman–Crippen LogP) is 3.61. The molecule has 0 saturated carbocycles. The van der Waals surface area contributed by atoms with E-state index in [0.29, 0.717) is 0 Å². The van der Waals surface area contributed by atoms with Crippen LogP contribution in [0.3, 0.4) is 0 Å². The zero-order chi connectivity index (χ0) is 13.7. The average Bonchev–Trinajstić information content (AvgIpc) is 2.39. The summed E-state index contributed by atoms with van der Waals surface area (Å²) in [5, 5.41) is -0.497. The van der Waals surface area contributed by atoms with Crippen LogP contribution in [0.25, 0.3) is 0 Å². The van der Waals surface area contributed by atoms with Crippen molar-refractivity contribution in [3.63, 3.8) is 0 Å². The second kappa shape index (κ2) is 4.15. The van der Waals surface area contributed by atoms with Crippen LogP contribution in [0.1, 0.15) is 41.5 Å². The highest BCUT2D eigenvalue weighted by Crippen LogP contribution is 2.54. The topological polar surface area (TPSA) is 15.3 Å². The van der Waals surface area contributed by atoms with E-state index in [1.165, 1.54) is 0 Å². The second-order valence-corrected chi connectivity index (χ2v) is 17.0. The van der Waals surface area contributed by atoms with E-state index in [-0.39, 0.29) is 10.1 Å². The molecule has 1 aliphatic rings. The zero-order valence-corrected chi connectivity index (χ0v) is 14.7. The summed E-state index contributed by atoms with van der Waals surface area (Å²) < 4.78 is 18.3. The largest absolute Gasteiger partial charge is 0.327 e. The molecular formula is C12H29FN2Si2. The maximum absolute atomic E-state index is 16.1. The van der Waals surface area contributed by atoms with Crippen LogP contribution in [0.4, 0.5) is 4.11 Å². The Labute approximate surface area is 108 Å². The highest BCUT2D eigenvalue weighted by atomic mass is 28.4. The van der Waals surface area contributed by atoms with Crippen LogP contribution >= 0.6 is 0 Å². The molecule has 0 amide bonds. The summed E-state index contributed by atoms with van der Waals surface area (Å²) >= 11 is 0. The van der Waals surface area contributed by atoms with Gasteiger partial charge >= 0.3 is 8.57 Å². The lowest BCUT2D eigenvalue weighted by Crippen LogP contribution is -2.70. The Morgan fingerprint density at radius 1 is 1.06 bits per heavy atom. The van der Waals surface area contributed by atoms with Crippen LogP contribution in [0.15, 0.2) is 0 Å². The molecule has 0 aromatic heterocycles.